The smallest absolute Gasteiger partial charge is 0.263 e. The van der Waals surface area contributed by atoms with Crippen LogP contribution in [-0.2, 0) is 10.0 Å². The zero-order valence-electron chi connectivity index (χ0n) is 15.1. The summed E-state index contributed by atoms with van der Waals surface area (Å²) in [6, 6.07) is 12.6. The van der Waals surface area contributed by atoms with Gasteiger partial charge in [0.2, 0.25) is 0 Å². The van der Waals surface area contributed by atoms with Gasteiger partial charge in [0, 0.05) is 5.69 Å². The van der Waals surface area contributed by atoms with E-state index in [2.05, 4.69) is 20.2 Å². The second-order valence-electron chi connectivity index (χ2n) is 6.26. The van der Waals surface area contributed by atoms with Crippen LogP contribution < -0.4 is 10.0 Å². The molecule has 0 spiro atoms. The van der Waals surface area contributed by atoms with Gasteiger partial charge in [-0.25, -0.2) is 12.8 Å². The van der Waals surface area contributed by atoms with Crippen molar-refractivity contribution in [3.63, 3.8) is 0 Å². The summed E-state index contributed by atoms with van der Waals surface area (Å²) in [4.78, 5) is -0.0109. The molecule has 3 rings (SSSR count). The molecule has 140 valence electrons. The Labute approximate surface area is 157 Å². The normalized spacial score (nSPS) is 11.3. The summed E-state index contributed by atoms with van der Waals surface area (Å²) in [6.45, 7) is 5.52. The molecule has 0 amide bonds. The molecule has 1 aromatic heterocycles. The topological polar surface area (TPSA) is 84.0 Å². The molecule has 3 aromatic rings. The minimum absolute atomic E-state index is 0.0109. The van der Waals surface area contributed by atoms with E-state index in [0.717, 1.165) is 28.9 Å². The highest BCUT2D eigenvalue weighted by Crippen LogP contribution is 2.22. The van der Waals surface area contributed by atoms with Crippen LogP contribution in [0.4, 0.5) is 21.7 Å². The highest BCUT2D eigenvalue weighted by atomic mass is 32.2. The van der Waals surface area contributed by atoms with Gasteiger partial charge in [0.05, 0.1) is 4.90 Å². The first-order valence-electron chi connectivity index (χ1n) is 8.21. The lowest BCUT2D eigenvalue weighted by atomic mass is 10.1. The molecule has 0 radical (unpaired) electrons. The van der Waals surface area contributed by atoms with Crippen LogP contribution in [0.5, 0.6) is 0 Å². The second kappa shape index (κ2) is 7.32. The van der Waals surface area contributed by atoms with Crippen LogP contribution in [0.3, 0.4) is 0 Å². The van der Waals surface area contributed by atoms with E-state index in [1.165, 1.54) is 19.1 Å². The fraction of sp³-hybridized carbons (Fsp3) is 0.158. The Balaban J connectivity index is 1.77. The molecule has 0 aliphatic heterocycles. The molecule has 8 heteroatoms. The third-order valence-corrected chi connectivity index (χ3v) is 5.49. The third-order valence-electron chi connectivity index (χ3n) is 3.97. The Hall–Kier alpha value is -3.00. The Bertz CT molecular complexity index is 1080. The van der Waals surface area contributed by atoms with Gasteiger partial charge in [-0.1, -0.05) is 17.7 Å². The zero-order chi connectivity index (χ0) is 19.6. The van der Waals surface area contributed by atoms with E-state index in [1.54, 1.807) is 6.07 Å². The lowest BCUT2D eigenvalue weighted by molar-refractivity contribution is 0.598. The quantitative estimate of drug-likeness (QED) is 0.690. The number of rotatable bonds is 5. The Morgan fingerprint density at radius 2 is 1.56 bits per heavy atom. The molecule has 0 unspecified atom stereocenters. The van der Waals surface area contributed by atoms with Crippen molar-refractivity contribution in [3.05, 3.63) is 71.0 Å². The summed E-state index contributed by atoms with van der Waals surface area (Å²) >= 11 is 0. The lowest BCUT2D eigenvalue weighted by Gasteiger charge is -2.11. The number of aryl methyl sites for hydroxylation is 3. The molecular weight excluding hydrogens is 367 g/mol. The summed E-state index contributed by atoms with van der Waals surface area (Å²) in [5.74, 6) is 0.0702. The van der Waals surface area contributed by atoms with Crippen LogP contribution >= 0.6 is 0 Å². The highest BCUT2D eigenvalue weighted by molar-refractivity contribution is 7.92. The number of nitrogens with one attached hydrogen (secondary N) is 2. The predicted molar refractivity (Wildman–Crippen MR) is 103 cm³/mol. The number of sulfonamides is 1. The molecule has 0 aliphatic carbocycles. The summed E-state index contributed by atoms with van der Waals surface area (Å²) < 4.78 is 40.5. The van der Waals surface area contributed by atoms with E-state index in [0.29, 0.717) is 11.4 Å². The molecule has 0 atom stereocenters. The fourth-order valence-corrected chi connectivity index (χ4v) is 3.88. The minimum Gasteiger partial charge on any atom is -0.339 e. The van der Waals surface area contributed by atoms with Gasteiger partial charge in [-0.05, 0) is 68.3 Å². The molecular formula is C19H19FN4O2S. The molecule has 0 aliphatic rings. The van der Waals surface area contributed by atoms with Gasteiger partial charge in [0.25, 0.3) is 10.0 Å². The maximum atomic E-state index is 13.2. The fourth-order valence-electron chi connectivity index (χ4n) is 2.65. The highest BCUT2D eigenvalue weighted by Gasteiger charge is 2.18. The molecule has 6 nitrogen and oxygen atoms in total. The van der Waals surface area contributed by atoms with Gasteiger partial charge in [0.1, 0.15) is 5.82 Å². The van der Waals surface area contributed by atoms with Gasteiger partial charge in [-0.15, -0.1) is 10.2 Å². The van der Waals surface area contributed by atoms with E-state index < -0.39 is 15.8 Å². The van der Waals surface area contributed by atoms with Crippen LogP contribution in [0.2, 0.25) is 0 Å². The maximum Gasteiger partial charge on any atom is 0.263 e. The van der Waals surface area contributed by atoms with Gasteiger partial charge in [-0.3, -0.25) is 4.72 Å². The van der Waals surface area contributed by atoms with Crippen molar-refractivity contribution in [1.29, 1.82) is 0 Å². The molecule has 1 heterocycles. The SMILES string of the molecule is Cc1ccc(Nc2ccc(NS(=O)(=O)c3ccc(F)cc3C)nn2)c(C)c1. The standard InChI is InChI=1S/C19H19FN4O2S/c1-12-4-6-16(13(2)10-12)21-18-8-9-19(23-22-18)24-27(25,26)17-7-5-15(20)11-14(17)3/h4-11H,1-3H3,(H,21,22)(H,23,24). The van der Waals surface area contributed by atoms with Gasteiger partial charge in [-0.2, -0.15) is 0 Å². The molecule has 0 saturated carbocycles. The first-order chi connectivity index (χ1) is 12.7. The van der Waals surface area contributed by atoms with E-state index in [1.807, 2.05) is 32.0 Å². The number of benzene rings is 2. The van der Waals surface area contributed by atoms with E-state index in [9.17, 15) is 12.8 Å². The number of anilines is 3. The number of halogens is 1. The molecule has 0 bridgehead atoms. The average Bonchev–Trinajstić information content (AvgIpc) is 2.58. The predicted octanol–water partition coefficient (Wildman–Crippen LogP) is 4.09. The van der Waals surface area contributed by atoms with E-state index in [-0.39, 0.29) is 10.7 Å². The number of hydrogen-bond acceptors (Lipinski definition) is 5. The third kappa shape index (κ3) is 4.40. The number of hydrogen-bond donors (Lipinski definition) is 2. The molecule has 27 heavy (non-hydrogen) atoms. The number of aromatic nitrogens is 2. The van der Waals surface area contributed by atoms with Crippen molar-refractivity contribution < 1.29 is 12.8 Å². The van der Waals surface area contributed by atoms with Crippen LogP contribution in [0, 0.1) is 26.6 Å². The zero-order valence-corrected chi connectivity index (χ0v) is 15.9. The van der Waals surface area contributed by atoms with Crippen LogP contribution in [-0.4, -0.2) is 18.6 Å². The maximum absolute atomic E-state index is 13.2. The molecule has 2 N–H and O–H groups in total. The van der Waals surface area contributed by atoms with Gasteiger partial charge >= 0.3 is 0 Å². The van der Waals surface area contributed by atoms with Crippen LogP contribution in [0.25, 0.3) is 0 Å². The first kappa shape index (κ1) is 18.8. The van der Waals surface area contributed by atoms with Crippen molar-refractivity contribution in [1.82, 2.24) is 10.2 Å². The van der Waals surface area contributed by atoms with Gasteiger partial charge in [0.15, 0.2) is 11.6 Å². The van der Waals surface area contributed by atoms with E-state index in [4.69, 9.17) is 0 Å². The average molecular weight is 386 g/mol. The Morgan fingerprint density at radius 3 is 2.19 bits per heavy atom. The Kier molecular flexibility index (Phi) is 5.09. The van der Waals surface area contributed by atoms with Crippen molar-refractivity contribution in [2.24, 2.45) is 0 Å². The summed E-state index contributed by atoms with van der Waals surface area (Å²) in [5, 5.41) is 11.1. The monoisotopic (exact) mass is 386 g/mol. The van der Waals surface area contributed by atoms with Crippen LogP contribution in [0.15, 0.2) is 53.4 Å². The van der Waals surface area contributed by atoms with E-state index >= 15 is 0 Å². The number of nitrogens with zero attached hydrogens (tertiary/aromatic N) is 2. The lowest BCUT2D eigenvalue weighted by Crippen LogP contribution is -2.15. The van der Waals surface area contributed by atoms with Gasteiger partial charge < -0.3 is 5.32 Å². The van der Waals surface area contributed by atoms with Crippen molar-refractivity contribution in [3.8, 4) is 0 Å². The van der Waals surface area contributed by atoms with Crippen molar-refractivity contribution >= 4 is 27.3 Å². The molecule has 2 aromatic carbocycles. The molecule has 0 saturated heterocycles. The summed E-state index contributed by atoms with van der Waals surface area (Å²) in [5.41, 5.74) is 3.42. The molecule has 0 fully saturated rings. The summed E-state index contributed by atoms with van der Waals surface area (Å²) in [7, 11) is -3.88. The second-order valence-corrected chi connectivity index (χ2v) is 7.91. The summed E-state index contributed by atoms with van der Waals surface area (Å²) in [6.07, 6.45) is 0. The van der Waals surface area contributed by atoms with Crippen LogP contribution in [0.1, 0.15) is 16.7 Å². The largest absolute Gasteiger partial charge is 0.339 e. The van der Waals surface area contributed by atoms with Crippen molar-refractivity contribution in [2.75, 3.05) is 10.0 Å². The first-order valence-corrected chi connectivity index (χ1v) is 9.70. The minimum atomic E-state index is -3.88. The van der Waals surface area contributed by atoms with Crippen molar-refractivity contribution in [2.45, 2.75) is 25.7 Å². The Morgan fingerprint density at radius 1 is 0.852 bits per heavy atom.